The van der Waals surface area contributed by atoms with E-state index in [-0.39, 0.29) is 15.8 Å². The number of benzene rings is 3. The third-order valence-corrected chi connectivity index (χ3v) is 7.57. The van der Waals surface area contributed by atoms with E-state index in [0.717, 1.165) is 22.5 Å². The molecule has 1 heterocycles. The molecule has 30 heavy (non-hydrogen) atoms. The van der Waals surface area contributed by atoms with Crippen molar-refractivity contribution in [1.29, 1.82) is 0 Å². The average Bonchev–Trinajstić information content (AvgIpc) is 3.04. The first kappa shape index (κ1) is 20.8. The van der Waals surface area contributed by atoms with Crippen molar-refractivity contribution in [2.24, 2.45) is 0 Å². The van der Waals surface area contributed by atoms with Gasteiger partial charge in [-0.1, -0.05) is 65.4 Å². The first-order valence-corrected chi connectivity index (χ1v) is 12.0. The third-order valence-electron chi connectivity index (χ3n) is 4.84. The van der Waals surface area contributed by atoms with E-state index in [1.165, 1.54) is 6.07 Å². The minimum atomic E-state index is -3.74. The van der Waals surface area contributed by atoms with Crippen LogP contribution in [0.2, 0.25) is 5.02 Å². The molecule has 0 aliphatic heterocycles. The van der Waals surface area contributed by atoms with Crippen molar-refractivity contribution in [2.45, 2.75) is 24.4 Å². The summed E-state index contributed by atoms with van der Waals surface area (Å²) in [5.74, 6) is 0. The molecular weight excluding hydrogens is 440 g/mol. The molecule has 0 saturated heterocycles. The molecule has 8 heteroatoms. The Morgan fingerprint density at radius 2 is 1.73 bits per heavy atom. The van der Waals surface area contributed by atoms with Gasteiger partial charge in [-0.3, -0.25) is 9.36 Å². The maximum absolute atomic E-state index is 12.9. The highest BCUT2D eigenvalue weighted by Crippen LogP contribution is 2.24. The van der Waals surface area contributed by atoms with E-state index in [0.29, 0.717) is 21.8 Å². The molecule has 0 radical (unpaired) electrons. The normalized spacial score (nSPS) is 12.9. The van der Waals surface area contributed by atoms with Crippen molar-refractivity contribution in [1.82, 2.24) is 9.29 Å². The molecule has 3 aromatic carbocycles. The molecule has 4 rings (SSSR count). The van der Waals surface area contributed by atoms with Crippen LogP contribution in [0, 0.1) is 0 Å². The van der Waals surface area contributed by atoms with Gasteiger partial charge in [-0.15, -0.1) is 0 Å². The van der Waals surface area contributed by atoms with Crippen LogP contribution in [0.15, 0.2) is 82.5 Å². The Hall–Kier alpha value is -2.45. The van der Waals surface area contributed by atoms with E-state index in [2.05, 4.69) is 4.72 Å². The van der Waals surface area contributed by atoms with Crippen LogP contribution >= 0.6 is 22.9 Å². The second-order valence-corrected chi connectivity index (χ2v) is 10.1. The van der Waals surface area contributed by atoms with E-state index in [9.17, 15) is 13.2 Å². The van der Waals surface area contributed by atoms with E-state index in [1.807, 2.05) is 42.5 Å². The van der Waals surface area contributed by atoms with E-state index in [4.69, 9.17) is 11.6 Å². The van der Waals surface area contributed by atoms with Gasteiger partial charge in [-0.2, -0.15) is 0 Å². The fourth-order valence-corrected chi connectivity index (χ4v) is 5.63. The molecule has 0 saturated carbocycles. The summed E-state index contributed by atoms with van der Waals surface area (Å²) in [6.45, 7) is 2.19. The van der Waals surface area contributed by atoms with E-state index >= 15 is 0 Å². The summed E-state index contributed by atoms with van der Waals surface area (Å²) >= 11 is 6.96. The zero-order valence-corrected chi connectivity index (χ0v) is 18.5. The highest BCUT2D eigenvalue weighted by Gasteiger charge is 2.20. The number of hydrogen-bond donors (Lipinski definition) is 1. The molecular formula is C22H19ClN2O3S2. The number of halogens is 1. The molecule has 154 valence electrons. The summed E-state index contributed by atoms with van der Waals surface area (Å²) in [5, 5.41) is 0.633. The predicted octanol–water partition coefficient (Wildman–Crippen LogP) is 4.80. The Bertz CT molecular complexity index is 1340. The largest absolute Gasteiger partial charge is 0.308 e. The van der Waals surface area contributed by atoms with E-state index < -0.39 is 10.0 Å². The lowest BCUT2D eigenvalue weighted by molar-refractivity contribution is 0.567. The molecule has 4 aromatic rings. The second-order valence-electron chi connectivity index (χ2n) is 6.96. The van der Waals surface area contributed by atoms with E-state index in [1.54, 1.807) is 35.8 Å². The van der Waals surface area contributed by atoms with Gasteiger partial charge in [0.15, 0.2) is 0 Å². The van der Waals surface area contributed by atoms with Crippen molar-refractivity contribution in [3.8, 4) is 0 Å². The van der Waals surface area contributed by atoms with Crippen LogP contribution in [-0.4, -0.2) is 13.0 Å². The summed E-state index contributed by atoms with van der Waals surface area (Å²) in [5.41, 5.74) is 2.52. The zero-order valence-electron chi connectivity index (χ0n) is 16.1. The molecule has 1 aromatic heterocycles. The summed E-state index contributed by atoms with van der Waals surface area (Å²) in [6.07, 6.45) is 0. The molecule has 1 N–H and O–H groups in total. The topological polar surface area (TPSA) is 68.2 Å². The predicted molar refractivity (Wildman–Crippen MR) is 122 cm³/mol. The lowest BCUT2D eigenvalue weighted by Crippen LogP contribution is -2.26. The number of rotatable bonds is 6. The van der Waals surface area contributed by atoms with Crippen LogP contribution in [0.1, 0.15) is 24.1 Å². The van der Waals surface area contributed by atoms with Gasteiger partial charge in [-0.25, -0.2) is 13.1 Å². The minimum Gasteiger partial charge on any atom is -0.294 e. The van der Waals surface area contributed by atoms with Gasteiger partial charge in [0.25, 0.3) is 0 Å². The van der Waals surface area contributed by atoms with Gasteiger partial charge >= 0.3 is 4.87 Å². The highest BCUT2D eigenvalue weighted by atomic mass is 35.5. The molecule has 0 bridgehead atoms. The Balaban J connectivity index is 1.63. The standard InChI is InChI=1S/C22H19ClN2O3S2/c1-15(17-5-3-2-4-6-17)24-30(27,28)19-11-12-20-21(13-19)29-22(26)25(20)14-16-7-9-18(23)10-8-16/h2-13,15,24H,14H2,1H3/t15-/m1/s1. The van der Waals surface area contributed by atoms with Crippen molar-refractivity contribution in [3.63, 3.8) is 0 Å². The smallest absolute Gasteiger partial charge is 0.294 e. The number of aromatic nitrogens is 1. The maximum Gasteiger partial charge on any atom is 0.308 e. The SMILES string of the molecule is C[C@@H](NS(=O)(=O)c1ccc2c(c1)sc(=O)n2Cc1ccc(Cl)cc1)c1ccccc1. The minimum absolute atomic E-state index is 0.137. The van der Waals surface area contributed by atoms with Crippen LogP contribution in [0.25, 0.3) is 10.2 Å². The Morgan fingerprint density at radius 3 is 2.43 bits per heavy atom. The summed E-state index contributed by atoms with van der Waals surface area (Å²) in [6, 6.07) is 21.1. The van der Waals surface area contributed by atoms with Crippen LogP contribution in [-0.2, 0) is 16.6 Å². The lowest BCUT2D eigenvalue weighted by Gasteiger charge is -2.14. The van der Waals surface area contributed by atoms with Crippen LogP contribution < -0.4 is 9.60 Å². The fourth-order valence-electron chi connectivity index (χ4n) is 3.25. The Labute approximate surface area is 183 Å². The van der Waals surface area contributed by atoms with Crippen molar-refractivity contribution >= 4 is 43.2 Å². The van der Waals surface area contributed by atoms with Crippen molar-refractivity contribution in [3.05, 3.63) is 98.6 Å². The number of hydrogen-bond acceptors (Lipinski definition) is 4. The van der Waals surface area contributed by atoms with Gasteiger partial charge in [-0.05, 0) is 48.4 Å². The van der Waals surface area contributed by atoms with Gasteiger partial charge in [0.1, 0.15) is 0 Å². The van der Waals surface area contributed by atoms with Gasteiger partial charge in [0, 0.05) is 11.1 Å². The third kappa shape index (κ3) is 4.34. The quantitative estimate of drug-likeness (QED) is 0.451. The van der Waals surface area contributed by atoms with Crippen LogP contribution in [0.5, 0.6) is 0 Å². The summed E-state index contributed by atoms with van der Waals surface area (Å²) in [4.78, 5) is 12.5. The van der Waals surface area contributed by atoms with Crippen molar-refractivity contribution < 1.29 is 8.42 Å². The lowest BCUT2D eigenvalue weighted by atomic mass is 10.1. The monoisotopic (exact) mass is 458 g/mol. The van der Waals surface area contributed by atoms with Crippen molar-refractivity contribution in [2.75, 3.05) is 0 Å². The molecule has 5 nitrogen and oxygen atoms in total. The zero-order chi connectivity index (χ0) is 21.3. The maximum atomic E-state index is 12.9. The Kier molecular flexibility index (Phi) is 5.79. The van der Waals surface area contributed by atoms with Crippen LogP contribution in [0.4, 0.5) is 0 Å². The molecule has 0 aliphatic rings. The fraction of sp³-hybridized carbons (Fsp3) is 0.136. The average molecular weight is 459 g/mol. The molecule has 1 atom stereocenters. The number of nitrogens with zero attached hydrogens (tertiary/aromatic N) is 1. The summed E-state index contributed by atoms with van der Waals surface area (Å²) in [7, 11) is -3.74. The molecule has 0 spiro atoms. The van der Waals surface area contributed by atoms with Gasteiger partial charge in [0.2, 0.25) is 10.0 Å². The van der Waals surface area contributed by atoms with Crippen LogP contribution in [0.3, 0.4) is 0 Å². The molecule has 0 amide bonds. The van der Waals surface area contributed by atoms with Gasteiger partial charge in [0.05, 0.1) is 21.7 Å². The number of thiazole rings is 1. The number of sulfonamides is 1. The van der Waals surface area contributed by atoms with Gasteiger partial charge < -0.3 is 0 Å². The Morgan fingerprint density at radius 1 is 1.03 bits per heavy atom. The first-order valence-electron chi connectivity index (χ1n) is 9.28. The number of nitrogens with one attached hydrogen (secondary N) is 1. The highest BCUT2D eigenvalue weighted by molar-refractivity contribution is 7.89. The first-order chi connectivity index (χ1) is 14.3. The number of fused-ring (bicyclic) bond motifs is 1. The molecule has 0 aliphatic carbocycles. The second kappa shape index (κ2) is 8.35. The molecule has 0 fully saturated rings. The summed E-state index contributed by atoms with van der Waals surface area (Å²) < 4.78 is 30.7. The molecule has 0 unspecified atom stereocenters.